The molecule has 1 unspecified atom stereocenters. The third kappa shape index (κ3) is 5.68. The van der Waals surface area contributed by atoms with Gasteiger partial charge < -0.3 is 15.3 Å². The number of benzene rings is 1. The highest BCUT2D eigenvalue weighted by atomic mass is 16.4. The number of phenolic OH excluding ortho intramolecular Hbond substituents is 1. The minimum Gasteiger partial charge on any atom is -0.508 e. The zero-order valence-corrected chi connectivity index (χ0v) is 11.3. The van der Waals surface area contributed by atoms with Crippen molar-refractivity contribution >= 4 is 5.97 Å². The Hall–Kier alpha value is -1.55. The highest BCUT2D eigenvalue weighted by Crippen LogP contribution is 2.25. The molecule has 0 amide bonds. The number of hydrogen-bond donors (Lipinski definition) is 3. The Morgan fingerprint density at radius 1 is 1.28 bits per heavy atom. The van der Waals surface area contributed by atoms with Crippen LogP contribution in [-0.2, 0) is 4.79 Å². The second-order valence-electron chi connectivity index (χ2n) is 4.64. The topological polar surface area (TPSA) is 77.8 Å². The minimum atomic E-state index is -0.741. The molecule has 4 heteroatoms. The summed E-state index contributed by atoms with van der Waals surface area (Å²) in [5.74, 6) is -0.692. The van der Waals surface area contributed by atoms with Crippen molar-refractivity contribution in [2.45, 2.75) is 33.6 Å². The van der Waals surface area contributed by atoms with E-state index < -0.39 is 5.97 Å². The van der Waals surface area contributed by atoms with Crippen LogP contribution in [0.2, 0.25) is 0 Å². The first kappa shape index (κ1) is 16.4. The van der Waals surface area contributed by atoms with Crippen molar-refractivity contribution in [1.82, 2.24) is 0 Å². The van der Waals surface area contributed by atoms with Gasteiger partial charge >= 0.3 is 5.97 Å². The van der Waals surface area contributed by atoms with Crippen molar-refractivity contribution in [2.75, 3.05) is 6.61 Å². The maximum atomic E-state index is 9.70. The van der Waals surface area contributed by atoms with Gasteiger partial charge in [-0.15, -0.1) is 0 Å². The van der Waals surface area contributed by atoms with Gasteiger partial charge in [-0.05, 0) is 24.1 Å². The van der Waals surface area contributed by atoms with Crippen LogP contribution < -0.4 is 0 Å². The number of carbonyl (C=O) groups is 1. The molecular weight excluding hydrogens is 232 g/mol. The van der Waals surface area contributed by atoms with Crippen molar-refractivity contribution in [3.05, 3.63) is 29.3 Å². The average Bonchev–Trinajstić information content (AvgIpc) is 2.28. The number of rotatable bonds is 3. The Labute approximate surface area is 108 Å². The summed E-state index contributed by atoms with van der Waals surface area (Å²) in [5.41, 5.74) is 1.84. The van der Waals surface area contributed by atoms with E-state index in [4.69, 9.17) is 10.2 Å². The summed E-state index contributed by atoms with van der Waals surface area (Å²) in [5, 5.41) is 26.3. The molecule has 1 aromatic carbocycles. The van der Waals surface area contributed by atoms with Crippen molar-refractivity contribution in [3.63, 3.8) is 0 Å². The zero-order chi connectivity index (χ0) is 14.3. The molecule has 0 saturated carbocycles. The van der Waals surface area contributed by atoms with Gasteiger partial charge in [0.2, 0.25) is 0 Å². The van der Waals surface area contributed by atoms with Crippen molar-refractivity contribution in [1.29, 1.82) is 0 Å². The predicted octanol–water partition coefficient (Wildman–Crippen LogP) is 2.52. The second kappa shape index (κ2) is 7.71. The smallest absolute Gasteiger partial charge is 0.305 e. The molecule has 0 aliphatic rings. The van der Waals surface area contributed by atoms with Gasteiger partial charge in [-0.1, -0.05) is 32.9 Å². The largest absolute Gasteiger partial charge is 0.508 e. The fourth-order valence-electron chi connectivity index (χ4n) is 1.17. The standard InChI is InChI=1S/C10H14O2.C4H8O2/c1-7-3-4-9(8(2)6-11)10(12)5-7;1-3(2)4(5)6/h3-5,8,11-12H,6H2,1-2H3;3H,1-2H3,(H,5,6). The summed E-state index contributed by atoms with van der Waals surface area (Å²) in [4.78, 5) is 9.70. The molecule has 1 aromatic rings. The van der Waals surface area contributed by atoms with E-state index in [2.05, 4.69) is 0 Å². The lowest BCUT2D eigenvalue weighted by Gasteiger charge is -2.10. The molecule has 0 radical (unpaired) electrons. The summed E-state index contributed by atoms with van der Waals surface area (Å²) in [6.07, 6.45) is 0. The van der Waals surface area contributed by atoms with E-state index in [1.807, 2.05) is 26.0 Å². The van der Waals surface area contributed by atoms with Crippen LogP contribution in [0.25, 0.3) is 0 Å². The van der Waals surface area contributed by atoms with Crippen LogP contribution in [0, 0.1) is 12.8 Å². The Balaban J connectivity index is 0.000000411. The maximum Gasteiger partial charge on any atom is 0.305 e. The number of carboxylic acids is 1. The molecule has 0 bridgehead atoms. The summed E-state index contributed by atoms with van der Waals surface area (Å²) < 4.78 is 0. The molecule has 0 fully saturated rings. The molecule has 0 spiro atoms. The number of aliphatic carboxylic acids is 1. The fourth-order valence-corrected chi connectivity index (χ4v) is 1.17. The number of carboxylic acid groups (broad SMARTS) is 1. The summed E-state index contributed by atoms with van der Waals surface area (Å²) in [6, 6.07) is 5.49. The first-order valence-electron chi connectivity index (χ1n) is 5.92. The molecule has 0 heterocycles. The highest BCUT2D eigenvalue weighted by Gasteiger charge is 2.08. The maximum absolute atomic E-state index is 9.70. The third-order valence-corrected chi connectivity index (χ3v) is 2.48. The molecule has 18 heavy (non-hydrogen) atoms. The Morgan fingerprint density at radius 2 is 1.78 bits per heavy atom. The van der Waals surface area contributed by atoms with Gasteiger partial charge in [-0.3, -0.25) is 4.79 Å². The van der Waals surface area contributed by atoms with Crippen LogP contribution in [0.15, 0.2) is 18.2 Å². The number of aromatic hydroxyl groups is 1. The third-order valence-electron chi connectivity index (χ3n) is 2.48. The normalized spacial score (nSPS) is 11.7. The first-order chi connectivity index (χ1) is 8.29. The van der Waals surface area contributed by atoms with E-state index in [-0.39, 0.29) is 24.2 Å². The molecule has 0 aromatic heterocycles. The van der Waals surface area contributed by atoms with Gasteiger partial charge in [0.15, 0.2) is 0 Å². The van der Waals surface area contributed by atoms with Crippen molar-refractivity contribution < 1.29 is 20.1 Å². The molecule has 3 N–H and O–H groups in total. The number of phenols is 1. The monoisotopic (exact) mass is 254 g/mol. The second-order valence-corrected chi connectivity index (χ2v) is 4.64. The average molecular weight is 254 g/mol. The quantitative estimate of drug-likeness (QED) is 0.774. The van der Waals surface area contributed by atoms with Gasteiger partial charge in [0.25, 0.3) is 0 Å². The molecular formula is C14H22O4. The number of aliphatic hydroxyl groups is 1. The highest BCUT2D eigenvalue weighted by molar-refractivity contribution is 5.68. The van der Waals surface area contributed by atoms with Crippen LogP contribution in [0.4, 0.5) is 0 Å². The molecule has 0 aliphatic carbocycles. The molecule has 102 valence electrons. The number of aliphatic hydroxyl groups excluding tert-OH is 1. The van der Waals surface area contributed by atoms with Gasteiger partial charge in [0, 0.05) is 12.5 Å². The van der Waals surface area contributed by atoms with E-state index in [1.54, 1.807) is 19.9 Å². The molecule has 0 aliphatic heterocycles. The van der Waals surface area contributed by atoms with Crippen molar-refractivity contribution in [3.8, 4) is 5.75 Å². The summed E-state index contributed by atoms with van der Waals surface area (Å²) >= 11 is 0. The lowest BCUT2D eigenvalue weighted by atomic mass is 10.00. The number of aryl methyl sites for hydroxylation is 1. The lowest BCUT2D eigenvalue weighted by Crippen LogP contribution is -2.03. The lowest BCUT2D eigenvalue weighted by molar-refractivity contribution is -0.140. The van der Waals surface area contributed by atoms with Gasteiger partial charge in [-0.25, -0.2) is 0 Å². The summed E-state index contributed by atoms with van der Waals surface area (Å²) in [6.45, 7) is 7.15. The fraction of sp³-hybridized carbons (Fsp3) is 0.500. The van der Waals surface area contributed by atoms with E-state index in [9.17, 15) is 9.90 Å². The van der Waals surface area contributed by atoms with Crippen LogP contribution in [-0.4, -0.2) is 27.9 Å². The molecule has 1 rings (SSSR count). The van der Waals surface area contributed by atoms with E-state index in [0.717, 1.165) is 11.1 Å². The predicted molar refractivity (Wildman–Crippen MR) is 70.8 cm³/mol. The van der Waals surface area contributed by atoms with Crippen LogP contribution in [0.1, 0.15) is 37.8 Å². The van der Waals surface area contributed by atoms with E-state index >= 15 is 0 Å². The van der Waals surface area contributed by atoms with Crippen LogP contribution in [0.3, 0.4) is 0 Å². The Bertz CT molecular complexity index is 385. The van der Waals surface area contributed by atoms with Crippen LogP contribution >= 0.6 is 0 Å². The van der Waals surface area contributed by atoms with Crippen molar-refractivity contribution in [2.24, 2.45) is 5.92 Å². The van der Waals surface area contributed by atoms with Gasteiger partial charge in [0.1, 0.15) is 5.75 Å². The Kier molecular flexibility index (Phi) is 7.05. The first-order valence-corrected chi connectivity index (χ1v) is 5.92. The molecule has 1 atom stereocenters. The van der Waals surface area contributed by atoms with E-state index in [0.29, 0.717) is 0 Å². The Morgan fingerprint density at radius 3 is 2.11 bits per heavy atom. The summed E-state index contributed by atoms with van der Waals surface area (Å²) in [7, 11) is 0. The van der Waals surface area contributed by atoms with Gasteiger partial charge in [-0.2, -0.15) is 0 Å². The number of hydrogen-bond acceptors (Lipinski definition) is 3. The molecule has 4 nitrogen and oxygen atoms in total. The molecule has 0 saturated heterocycles. The SMILES string of the molecule is CC(C)C(=O)O.Cc1ccc(C(C)CO)c(O)c1. The van der Waals surface area contributed by atoms with E-state index in [1.165, 1.54) is 0 Å². The van der Waals surface area contributed by atoms with Crippen LogP contribution in [0.5, 0.6) is 5.75 Å². The van der Waals surface area contributed by atoms with Gasteiger partial charge in [0.05, 0.1) is 5.92 Å². The minimum absolute atomic E-state index is 0.00519. The zero-order valence-electron chi connectivity index (χ0n) is 11.3.